The van der Waals surface area contributed by atoms with Gasteiger partial charge >= 0.3 is 0 Å². The standard InChI is InChI=1S/C24H29N5O.HI/c1-2-25-24(27-17-20-12-15-30-23-11-6-5-10-22(20)23)26-16-19-8-3-4-9-21(19)18-29-14-7-13-28-29;/h3-11,13-14,20H,2,12,15-18H2,1H3,(H2,25,26,27);1H. The first-order valence-electron chi connectivity index (χ1n) is 10.6. The Hall–Kier alpha value is -2.55. The summed E-state index contributed by atoms with van der Waals surface area (Å²) >= 11 is 0. The molecule has 0 spiro atoms. The van der Waals surface area contributed by atoms with E-state index in [1.165, 1.54) is 16.7 Å². The number of fused-ring (bicyclic) bond motifs is 1. The van der Waals surface area contributed by atoms with Crippen molar-refractivity contribution in [3.05, 3.63) is 83.7 Å². The van der Waals surface area contributed by atoms with Gasteiger partial charge in [-0.05, 0) is 42.2 Å². The van der Waals surface area contributed by atoms with Crippen molar-refractivity contribution in [1.82, 2.24) is 20.4 Å². The van der Waals surface area contributed by atoms with Crippen LogP contribution in [0, 0.1) is 0 Å². The van der Waals surface area contributed by atoms with Crippen LogP contribution in [0.3, 0.4) is 0 Å². The SMILES string of the molecule is CCNC(=NCc1ccccc1Cn1cccn1)NCC1CCOc2ccccc21.I. The summed E-state index contributed by atoms with van der Waals surface area (Å²) in [5.41, 5.74) is 3.72. The minimum absolute atomic E-state index is 0. The van der Waals surface area contributed by atoms with Gasteiger partial charge in [0.15, 0.2) is 5.96 Å². The molecule has 0 fully saturated rings. The fraction of sp³-hybridized carbons (Fsp3) is 0.333. The van der Waals surface area contributed by atoms with Crippen LogP contribution in [-0.4, -0.2) is 35.4 Å². The van der Waals surface area contributed by atoms with Crippen LogP contribution in [0.15, 0.2) is 72.0 Å². The lowest BCUT2D eigenvalue weighted by Crippen LogP contribution is -2.40. The van der Waals surface area contributed by atoms with Gasteiger partial charge < -0.3 is 15.4 Å². The number of nitrogens with one attached hydrogen (secondary N) is 2. The Morgan fingerprint density at radius 1 is 1.10 bits per heavy atom. The summed E-state index contributed by atoms with van der Waals surface area (Å²) in [4.78, 5) is 4.85. The third-order valence-corrected chi connectivity index (χ3v) is 5.36. The first kappa shape index (κ1) is 23.1. The molecule has 31 heavy (non-hydrogen) atoms. The van der Waals surface area contributed by atoms with E-state index in [2.05, 4.69) is 65.1 Å². The van der Waals surface area contributed by atoms with Crippen LogP contribution in [0.25, 0.3) is 0 Å². The van der Waals surface area contributed by atoms with Crippen LogP contribution < -0.4 is 15.4 Å². The van der Waals surface area contributed by atoms with Gasteiger partial charge in [0.1, 0.15) is 5.75 Å². The van der Waals surface area contributed by atoms with E-state index in [0.29, 0.717) is 12.5 Å². The van der Waals surface area contributed by atoms with Crippen molar-refractivity contribution in [2.75, 3.05) is 19.7 Å². The highest BCUT2D eigenvalue weighted by molar-refractivity contribution is 14.0. The zero-order valence-electron chi connectivity index (χ0n) is 17.8. The van der Waals surface area contributed by atoms with E-state index in [4.69, 9.17) is 9.73 Å². The summed E-state index contributed by atoms with van der Waals surface area (Å²) in [7, 11) is 0. The van der Waals surface area contributed by atoms with E-state index >= 15 is 0 Å². The average Bonchev–Trinajstić information content (AvgIpc) is 3.30. The molecule has 2 aromatic carbocycles. The molecule has 0 amide bonds. The van der Waals surface area contributed by atoms with Crippen molar-refractivity contribution in [1.29, 1.82) is 0 Å². The normalized spacial score (nSPS) is 15.4. The molecule has 1 aromatic heterocycles. The van der Waals surface area contributed by atoms with Gasteiger partial charge in [0, 0.05) is 31.4 Å². The lowest BCUT2D eigenvalue weighted by Gasteiger charge is -2.26. The van der Waals surface area contributed by atoms with E-state index in [1.807, 2.05) is 29.2 Å². The third kappa shape index (κ3) is 6.22. The Bertz CT molecular complexity index is 974. The summed E-state index contributed by atoms with van der Waals surface area (Å²) in [6.45, 7) is 5.88. The van der Waals surface area contributed by atoms with Crippen molar-refractivity contribution < 1.29 is 4.74 Å². The van der Waals surface area contributed by atoms with Crippen molar-refractivity contribution in [2.24, 2.45) is 4.99 Å². The maximum Gasteiger partial charge on any atom is 0.191 e. The van der Waals surface area contributed by atoms with Crippen LogP contribution in [0.2, 0.25) is 0 Å². The summed E-state index contributed by atoms with van der Waals surface area (Å²) in [6, 6.07) is 18.7. The highest BCUT2D eigenvalue weighted by Gasteiger charge is 2.21. The lowest BCUT2D eigenvalue weighted by molar-refractivity contribution is 0.267. The van der Waals surface area contributed by atoms with Crippen LogP contribution in [0.1, 0.15) is 36.0 Å². The van der Waals surface area contributed by atoms with Crippen molar-refractivity contribution in [3.8, 4) is 5.75 Å². The second-order valence-electron chi connectivity index (χ2n) is 7.42. The number of hydrogen-bond donors (Lipinski definition) is 2. The molecule has 2 heterocycles. The molecule has 0 saturated carbocycles. The van der Waals surface area contributed by atoms with Gasteiger partial charge in [-0.2, -0.15) is 5.10 Å². The summed E-state index contributed by atoms with van der Waals surface area (Å²) in [5, 5.41) is 11.2. The summed E-state index contributed by atoms with van der Waals surface area (Å²) in [6.07, 6.45) is 4.80. The molecule has 164 valence electrons. The lowest BCUT2D eigenvalue weighted by atomic mass is 9.93. The van der Waals surface area contributed by atoms with Gasteiger partial charge in [-0.25, -0.2) is 4.99 Å². The van der Waals surface area contributed by atoms with Crippen molar-refractivity contribution in [2.45, 2.75) is 32.4 Å². The van der Waals surface area contributed by atoms with E-state index < -0.39 is 0 Å². The van der Waals surface area contributed by atoms with Gasteiger partial charge in [0.05, 0.1) is 19.7 Å². The van der Waals surface area contributed by atoms with Gasteiger partial charge in [0.25, 0.3) is 0 Å². The molecule has 0 radical (unpaired) electrons. The first-order chi connectivity index (χ1) is 14.8. The van der Waals surface area contributed by atoms with Gasteiger partial charge in [-0.3, -0.25) is 4.68 Å². The zero-order chi connectivity index (χ0) is 20.6. The Morgan fingerprint density at radius 2 is 1.90 bits per heavy atom. The van der Waals surface area contributed by atoms with Gasteiger partial charge in [-0.1, -0.05) is 42.5 Å². The maximum absolute atomic E-state index is 5.79. The monoisotopic (exact) mass is 531 g/mol. The maximum atomic E-state index is 5.79. The Morgan fingerprint density at radius 3 is 2.71 bits per heavy atom. The van der Waals surface area contributed by atoms with Crippen LogP contribution >= 0.6 is 24.0 Å². The van der Waals surface area contributed by atoms with Crippen LogP contribution in [0.4, 0.5) is 0 Å². The smallest absolute Gasteiger partial charge is 0.191 e. The Balaban J connectivity index is 0.00000272. The average molecular weight is 531 g/mol. The Kier molecular flexibility index (Phi) is 8.75. The molecule has 1 atom stereocenters. The molecule has 6 nitrogen and oxygen atoms in total. The van der Waals surface area contributed by atoms with E-state index in [0.717, 1.165) is 44.4 Å². The third-order valence-electron chi connectivity index (χ3n) is 5.36. The topological polar surface area (TPSA) is 63.5 Å². The van der Waals surface area contributed by atoms with Crippen LogP contribution in [-0.2, 0) is 13.1 Å². The van der Waals surface area contributed by atoms with Crippen LogP contribution in [0.5, 0.6) is 5.75 Å². The van der Waals surface area contributed by atoms with E-state index in [-0.39, 0.29) is 24.0 Å². The number of benzene rings is 2. The van der Waals surface area contributed by atoms with Crippen molar-refractivity contribution >= 4 is 29.9 Å². The van der Waals surface area contributed by atoms with Gasteiger partial charge in [0.2, 0.25) is 0 Å². The number of hydrogen-bond acceptors (Lipinski definition) is 3. The summed E-state index contributed by atoms with van der Waals surface area (Å²) in [5.74, 6) is 2.27. The minimum Gasteiger partial charge on any atom is -0.493 e. The molecule has 4 rings (SSSR count). The molecule has 1 unspecified atom stereocenters. The highest BCUT2D eigenvalue weighted by Crippen LogP contribution is 2.32. The van der Waals surface area contributed by atoms with E-state index in [9.17, 15) is 0 Å². The van der Waals surface area contributed by atoms with E-state index in [1.54, 1.807) is 0 Å². The highest BCUT2D eigenvalue weighted by atomic mass is 127. The molecule has 0 bridgehead atoms. The predicted octanol–water partition coefficient (Wildman–Crippen LogP) is 4.17. The first-order valence-corrected chi connectivity index (χ1v) is 10.6. The molecular weight excluding hydrogens is 501 g/mol. The Labute approximate surface area is 201 Å². The molecule has 1 aliphatic rings. The number of guanidine groups is 1. The number of rotatable bonds is 7. The second-order valence-corrected chi connectivity index (χ2v) is 7.42. The second kappa shape index (κ2) is 11.7. The predicted molar refractivity (Wildman–Crippen MR) is 135 cm³/mol. The fourth-order valence-electron chi connectivity index (χ4n) is 3.79. The number of nitrogens with zero attached hydrogens (tertiary/aromatic N) is 3. The molecule has 0 saturated heterocycles. The number of aliphatic imine (C=N–C) groups is 1. The molecule has 7 heteroatoms. The molecule has 0 aliphatic carbocycles. The zero-order valence-corrected chi connectivity index (χ0v) is 20.2. The van der Waals surface area contributed by atoms with Gasteiger partial charge in [-0.15, -0.1) is 24.0 Å². The number of para-hydroxylation sites is 1. The molecular formula is C24H30IN5O. The number of ether oxygens (including phenoxy) is 1. The van der Waals surface area contributed by atoms with Crippen molar-refractivity contribution in [3.63, 3.8) is 0 Å². The largest absolute Gasteiger partial charge is 0.493 e. The summed E-state index contributed by atoms with van der Waals surface area (Å²) < 4.78 is 7.73. The molecule has 3 aromatic rings. The molecule has 2 N–H and O–H groups in total. The minimum atomic E-state index is 0. The number of halogens is 1. The quantitative estimate of drug-likeness (QED) is 0.273. The number of aromatic nitrogens is 2. The fourth-order valence-corrected chi connectivity index (χ4v) is 3.79. The molecule has 1 aliphatic heterocycles.